The van der Waals surface area contributed by atoms with Gasteiger partial charge in [-0.3, -0.25) is 4.79 Å². The molecule has 1 heterocycles. The number of amides is 1. The van der Waals surface area contributed by atoms with Gasteiger partial charge in [0.2, 0.25) is 0 Å². The van der Waals surface area contributed by atoms with Gasteiger partial charge in [-0.25, -0.2) is 0 Å². The first-order valence-corrected chi connectivity index (χ1v) is 9.24. The highest BCUT2D eigenvalue weighted by molar-refractivity contribution is 5.99. The van der Waals surface area contributed by atoms with Gasteiger partial charge in [-0.05, 0) is 37.3 Å². The number of fused-ring (bicyclic) bond motifs is 1. The van der Waals surface area contributed by atoms with Crippen molar-refractivity contribution in [2.24, 2.45) is 0 Å². The Morgan fingerprint density at radius 3 is 2.57 bits per heavy atom. The number of furan rings is 1. The van der Waals surface area contributed by atoms with Crippen molar-refractivity contribution in [3.8, 4) is 11.5 Å². The van der Waals surface area contributed by atoms with E-state index in [4.69, 9.17) is 13.9 Å². The first-order chi connectivity index (χ1) is 13.5. The van der Waals surface area contributed by atoms with Crippen LogP contribution in [0.5, 0.6) is 11.5 Å². The molecule has 0 saturated heterocycles. The van der Waals surface area contributed by atoms with E-state index >= 15 is 0 Å². The number of aryl methyl sites for hydroxylation is 1. The average molecular weight is 383 g/mol. The molecule has 2 N–H and O–H groups in total. The smallest absolute Gasteiger partial charge is 0.287 e. The highest BCUT2D eigenvalue weighted by atomic mass is 16.5. The zero-order chi connectivity index (χ0) is 20.3. The fraction of sp³-hybridized carbons (Fsp3) is 0.318. The molecule has 28 heavy (non-hydrogen) atoms. The topological polar surface area (TPSA) is 65.1 Å². The van der Waals surface area contributed by atoms with Gasteiger partial charge in [0.05, 0.1) is 40.4 Å². The largest absolute Gasteiger partial charge is 0.497 e. The summed E-state index contributed by atoms with van der Waals surface area (Å²) in [6.07, 6.45) is 0. The lowest BCUT2D eigenvalue weighted by Crippen LogP contribution is -3.07. The summed E-state index contributed by atoms with van der Waals surface area (Å²) in [5.41, 5.74) is 2.52. The molecule has 0 saturated carbocycles. The molecule has 2 aromatic carbocycles. The monoisotopic (exact) mass is 383 g/mol. The number of methoxy groups -OCH3 is 2. The van der Waals surface area contributed by atoms with Gasteiger partial charge in [-0.1, -0.05) is 12.1 Å². The molecule has 0 aliphatic rings. The SMILES string of the molecule is COc1ccc2oc(C(=O)NC[C@@H](c3ccccc3OC)[NH+](C)C)c(C)c2c1. The third-order valence-corrected chi connectivity index (χ3v) is 5.03. The minimum atomic E-state index is -0.228. The van der Waals surface area contributed by atoms with Crippen LogP contribution in [-0.2, 0) is 0 Å². The van der Waals surface area contributed by atoms with Gasteiger partial charge in [0.1, 0.15) is 23.1 Å². The normalized spacial score (nSPS) is 12.2. The molecular formula is C22H27N2O4+. The lowest BCUT2D eigenvalue weighted by Gasteiger charge is -2.23. The Kier molecular flexibility index (Phi) is 5.90. The number of carbonyl (C=O) groups excluding carboxylic acids is 1. The molecule has 0 aliphatic carbocycles. The number of benzene rings is 2. The summed E-state index contributed by atoms with van der Waals surface area (Å²) in [5, 5.41) is 3.90. The van der Waals surface area contributed by atoms with Crippen LogP contribution in [0.4, 0.5) is 0 Å². The van der Waals surface area contributed by atoms with Crippen molar-refractivity contribution >= 4 is 16.9 Å². The Bertz CT molecular complexity index is 978. The van der Waals surface area contributed by atoms with Crippen molar-refractivity contribution in [2.45, 2.75) is 13.0 Å². The van der Waals surface area contributed by atoms with Crippen LogP contribution in [0.1, 0.15) is 27.7 Å². The average Bonchev–Trinajstić information content (AvgIpc) is 3.04. The summed E-state index contributed by atoms with van der Waals surface area (Å²) in [6.45, 7) is 2.34. The van der Waals surface area contributed by atoms with Crippen molar-refractivity contribution in [1.82, 2.24) is 5.32 Å². The fourth-order valence-corrected chi connectivity index (χ4v) is 3.40. The molecule has 0 aliphatic heterocycles. The quantitative estimate of drug-likeness (QED) is 0.658. The third-order valence-electron chi connectivity index (χ3n) is 5.03. The van der Waals surface area contributed by atoms with Gasteiger partial charge in [0.15, 0.2) is 5.76 Å². The van der Waals surface area contributed by atoms with E-state index in [9.17, 15) is 4.79 Å². The number of rotatable bonds is 7. The van der Waals surface area contributed by atoms with Crippen LogP contribution in [0.25, 0.3) is 11.0 Å². The molecule has 6 nitrogen and oxygen atoms in total. The lowest BCUT2D eigenvalue weighted by atomic mass is 10.0. The van der Waals surface area contributed by atoms with Gasteiger partial charge in [0, 0.05) is 10.9 Å². The van der Waals surface area contributed by atoms with E-state index in [1.165, 1.54) is 4.90 Å². The minimum absolute atomic E-state index is 0.0462. The molecule has 0 spiro atoms. The van der Waals surface area contributed by atoms with Crippen LogP contribution in [0.2, 0.25) is 0 Å². The van der Waals surface area contributed by atoms with E-state index < -0.39 is 0 Å². The van der Waals surface area contributed by atoms with Crippen LogP contribution in [0, 0.1) is 6.92 Å². The van der Waals surface area contributed by atoms with E-state index in [1.54, 1.807) is 14.2 Å². The Balaban J connectivity index is 1.82. The van der Waals surface area contributed by atoms with Gasteiger partial charge < -0.3 is 24.1 Å². The highest BCUT2D eigenvalue weighted by Crippen LogP contribution is 2.29. The second-order valence-corrected chi connectivity index (χ2v) is 7.00. The highest BCUT2D eigenvalue weighted by Gasteiger charge is 2.24. The van der Waals surface area contributed by atoms with Gasteiger partial charge in [0.25, 0.3) is 5.91 Å². The summed E-state index contributed by atoms with van der Waals surface area (Å²) < 4.78 is 16.6. The number of likely N-dealkylation sites (N-methyl/N-ethyl adjacent to an activating group) is 1. The molecule has 148 valence electrons. The predicted octanol–water partition coefficient (Wildman–Crippen LogP) is 2.37. The van der Waals surface area contributed by atoms with E-state index in [-0.39, 0.29) is 11.9 Å². The first kappa shape index (κ1) is 19.8. The zero-order valence-electron chi connectivity index (χ0n) is 17.0. The molecule has 0 fully saturated rings. The van der Waals surface area contributed by atoms with Crippen molar-refractivity contribution in [1.29, 1.82) is 0 Å². The molecule has 6 heteroatoms. The van der Waals surface area contributed by atoms with Gasteiger partial charge in [-0.15, -0.1) is 0 Å². The molecule has 1 atom stereocenters. The Morgan fingerprint density at radius 2 is 1.89 bits per heavy atom. The summed E-state index contributed by atoms with van der Waals surface area (Å²) in [6, 6.07) is 13.4. The maximum atomic E-state index is 12.8. The molecule has 1 aromatic heterocycles. The molecule has 0 unspecified atom stereocenters. The number of hydrogen-bond acceptors (Lipinski definition) is 4. The standard InChI is InChI=1S/C22H26N2O4/c1-14-17-12-15(26-4)10-11-20(17)28-21(14)22(25)23-13-18(24(2)3)16-8-6-7-9-19(16)27-5/h6-12,18H,13H2,1-5H3,(H,23,25)/p+1/t18-/m0/s1. The summed E-state index contributed by atoms with van der Waals surface area (Å²) in [7, 11) is 7.39. The maximum Gasteiger partial charge on any atom is 0.287 e. The number of para-hydroxylation sites is 1. The second-order valence-electron chi connectivity index (χ2n) is 7.00. The predicted molar refractivity (Wildman–Crippen MR) is 108 cm³/mol. The van der Waals surface area contributed by atoms with E-state index in [0.717, 1.165) is 28.0 Å². The maximum absolute atomic E-state index is 12.8. The zero-order valence-corrected chi connectivity index (χ0v) is 17.0. The Labute approximate surface area is 165 Å². The fourth-order valence-electron chi connectivity index (χ4n) is 3.40. The Morgan fingerprint density at radius 1 is 1.14 bits per heavy atom. The van der Waals surface area contributed by atoms with E-state index in [2.05, 4.69) is 19.4 Å². The van der Waals surface area contributed by atoms with Crippen LogP contribution in [0.3, 0.4) is 0 Å². The van der Waals surface area contributed by atoms with Crippen LogP contribution < -0.4 is 19.7 Å². The van der Waals surface area contributed by atoms with Crippen molar-refractivity contribution < 1.29 is 23.6 Å². The van der Waals surface area contributed by atoms with Crippen LogP contribution >= 0.6 is 0 Å². The van der Waals surface area contributed by atoms with Crippen molar-refractivity contribution in [3.05, 3.63) is 59.4 Å². The van der Waals surface area contributed by atoms with Crippen LogP contribution in [0.15, 0.2) is 46.9 Å². The van der Waals surface area contributed by atoms with E-state index in [0.29, 0.717) is 17.9 Å². The lowest BCUT2D eigenvalue weighted by molar-refractivity contribution is -0.890. The number of ether oxygens (including phenoxy) is 2. The third kappa shape index (κ3) is 3.82. The van der Waals surface area contributed by atoms with Gasteiger partial charge >= 0.3 is 0 Å². The summed E-state index contributed by atoms with van der Waals surface area (Å²) in [5.74, 6) is 1.65. The number of carbonyl (C=O) groups is 1. The van der Waals surface area contributed by atoms with E-state index in [1.807, 2.05) is 49.4 Å². The first-order valence-electron chi connectivity index (χ1n) is 9.24. The number of nitrogens with one attached hydrogen (secondary N) is 2. The second kappa shape index (κ2) is 8.35. The van der Waals surface area contributed by atoms with Crippen molar-refractivity contribution in [2.75, 3.05) is 34.9 Å². The molecule has 0 bridgehead atoms. The molecule has 0 radical (unpaired) electrons. The number of quaternary nitrogens is 1. The molecule has 3 rings (SSSR count). The van der Waals surface area contributed by atoms with Crippen LogP contribution in [-0.4, -0.2) is 40.8 Å². The minimum Gasteiger partial charge on any atom is -0.497 e. The molecule has 1 amide bonds. The van der Waals surface area contributed by atoms with Crippen molar-refractivity contribution in [3.63, 3.8) is 0 Å². The Hall–Kier alpha value is -2.99. The summed E-state index contributed by atoms with van der Waals surface area (Å²) >= 11 is 0. The molecular weight excluding hydrogens is 356 g/mol. The van der Waals surface area contributed by atoms with Gasteiger partial charge in [-0.2, -0.15) is 0 Å². The number of hydrogen-bond donors (Lipinski definition) is 2. The summed E-state index contributed by atoms with van der Waals surface area (Å²) in [4.78, 5) is 14.0. The molecule has 3 aromatic rings.